The van der Waals surface area contributed by atoms with E-state index in [1.807, 2.05) is 34.1 Å². The van der Waals surface area contributed by atoms with Crippen LogP contribution in [0.2, 0.25) is 0 Å². The Kier molecular flexibility index (Phi) is 33.1. The predicted molar refractivity (Wildman–Crippen MR) is 212 cm³/mol. The summed E-state index contributed by atoms with van der Waals surface area (Å²) in [7, 11) is 1.57. The molecule has 0 saturated carbocycles. The first-order chi connectivity index (χ1) is 24.0. The number of phosphoric ester groups is 1. The molecule has 0 aliphatic carbocycles. The van der Waals surface area contributed by atoms with Crippen molar-refractivity contribution in [1.29, 1.82) is 0 Å². The van der Waals surface area contributed by atoms with E-state index in [9.17, 15) is 19.4 Å². The summed E-state index contributed by atoms with van der Waals surface area (Å²) < 4.78 is 23.2. The first kappa shape index (κ1) is 49.0. The molecule has 3 atom stereocenters. The van der Waals surface area contributed by atoms with Crippen molar-refractivity contribution >= 4 is 13.7 Å². The van der Waals surface area contributed by atoms with Gasteiger partial charge in [0.05, 0.1) is 39.9 Å². The lowest BCUT2D eigenvalue weighted by Crippen LogP contribution is -2.45. The normalized spacial score (nSPS) is 14.8. The summed E-state index contributed by atoms with van der Waals surface area (Å²) in [6.07, 6.45) is 39.1. The van der Waals surface area contributed by atoms with Crippen molar-refractivity contribution in [3.8, 4) is 0 Å². The summed E-state index contributed by atoms with van der Waals surface area (Å²) in [5, 5.41) is 13.4. The van der Waals surface area contributed by atoms with Crippen LogP contribution in [0, 0.1) is 0 Å². The summed E-state index contributed by atoms with van der Waals surface area (Å²) in [5.74, 6) is -0.189. The Labute approximate surface area is 309 Å². The quantitative estimate of drug-likeness (QED) is 0.0254. The van der Waals surface area contributed by atoms with Gasteiger partial charge in [0.1, 0.15) is 13.2 Å². The van der Waals surface area contributed by atoms with Crippen LogP contribution < -0.4 is 5.32 Å². The van der Waals surface area contributed by atoms with Gasteiger partial charge in [-0.3, -0.25) is 13.8 Å². The number of hydrogen-bond donors (Lipinski definition) is 3. The maximum absolute atomic E-state index is 12.7. The third kappa shape index (κ3) is 35.4. The first-order valence-electron chi connectivity index (χ1n) is 20.7. The Morgan fingerprint density at radius 2 is 1.12 bits per heavy atom. The van der Waals surface area contributed by atoms with Gasteiger partial charge < -0.3 is 19.8 Å². The van der Waals surface area contributed by atoms with Crippen LogP contribution in [0.4, 0.5) is 0 Å². The predicted octanol–water partition coefficient (Wildman–Crippen LogP) is 11.0. The molecule has 1 amide bonds. The molecule has 50 heavy (non-hydrogen) atoms. The van der Waals surface area contributed by atoms with Gasteiger partial charge in [0.2, 0.25) is 5.91 Å². The van der Waals surface area contributed by atoms with Gasteiger partial charge in [-0.15, -0.1) is 0 Å². The molecule has 0 heterocycles. The number of hydrogen-bond acceptors (Lipinski definition) is 5. The van der Waals surface area contributed by atoms with Gasteiger partial charge in [0.25, 0.3) is 0 Å². The number of rotatable bonds is 37. The minimum absolute atomic E-state index is 0.0607. The maximum Gasteiger partial charge on any atom is 0.472 e. The van der Waals surface area contributed by atoms with Gasteiger partial charge in [-0.25, -0.2) is 4.57 Å². The molecule has 0 radical (unpaired) electrons. The number of phosphoric acid groups is 1. The SMILES string of the molecule is CCC/C=C/C(O)C(COP(=O)(O)OCC[N+](C)(C)C)NC(=O)CCCCCCCCCCCCCCC/C=C\CCCCCCCCCC. The molecule has 0 aliphatic heterocycles. The van der Waals surface area contributed by atoms with Crippen molar-refractivity contribution in [2.45, 2.75) is 193 Å². The molecule has 8 nitrogen and oxygen atoms in total. The zero-order chi connectivity index (χ0) is 37.2. The summed E-state index contributed by atoms with van der Waals surface area (Å²) >= 11 is 0. The van der Waals surface area contributed by atoms with Crippen molar-refractivity contribution in [1.82, 2.24) is 5.32 Å². The zero-order valence-electron chi connectivity index (χ0n) is 33.4. The Hall–Kier alpha value is -1.02. The van der Waals surface area contributed by atoms with Gasteiger partial charge in [-0.2, -0.15) is 0 Å². The van der Waals surface area contributed by atoms with Crippen molar-refractivity contribution < 1.29 is 32.9 Å². The topological polar surface area (TPSA) is 105 Å². The summed E-state index contributed by atoms with van der Waals surface area (Å²) in [6, 6.07) is -0.838. The highest BCUT2D eigenvalue weighted by Gasteiger charge is 2.27. The van der Waals surface area contributed by atoms with Gasteiger partial charge in [0, 0.05) is 6.42 Å². The molecule has 0 spiro atoms. The zero-order valence-corrected chi connectivity index (χ0v) is 34.3. The van der Waals surface area contributed by atoms with Crippen LogP contribution in [-0.2, 0) is 18.4 Å². The molecular weight excluding hydrogens is 647 g/mol. The van der Waals surface area contributed by atoms with Crippen LogP contribution in [-0.4, -0.2) is 73.4 Å². The van der Waals surface area contributed by atoms with E-state index in [0.29, 0.717) is 17.4 Å². The van der Waals surface area contributed by atoms with Crippen LogP contribution in [0.3, 0.4) is 0 Å². The number of carbonyl (C=O) groups excluding carboxylic acids is 1. The maximum atomic E-state index is 12.7. The lowest BCUT2D eigenvalue weighted by Gasteiger charge is -2.25. The van der Waals surface area contributed by atoms with E-state index in [2.05, 4.69) is 24.4 Å². The van der Waals surface area contributed by atoms with E-state index in [0.717, 1.165) is 32.1 Å². The molecule has 0 aromatic heterocycles. The van der Waals surface area contributed by atoms with Gasteiger partial charge in [-0.1, -0.05) is 160 Å². The van der Waals surface area contributed by atoms with Crippen LogP contribution in [0.15, 0.2) is 24.3 Å². The number of likely N-dealkylation sites (N-methyl/N-ethyl adjacent to an activating group) is 1. The van der Waals surface area contributed by atoms with Crippen molar-refractivity contribution in [2.75, 3.05) is 40.9 Å². The largest absolute Gasteiger partial charge is 0.472 e. The molecule has 0 rings (SSSR count). The van der Waals surface area contributed by atoms with Crippen LogP contribution >= 0.6 is 7.82 Å². The number of nitrogens with one attached hydrogen (secondary N) is 1. The number of aliphatic hydroxyl groups excluding tert-OH is 1. The van der Waals surface area contributed by atoms with Crippen LogP contribution in [0.5, 0.6) is 0 Å². The average molecular weight is 730 g/mol. The average Bonchev–Trinajstić information content (AvgIpc) is 3.06. The molecule has 3 N–H and O–H groups in total. The molecule has 0 fully saturated rings. The van der Waals surface area contributed by atoms with Gasteiger partial charge >= 0.3 is 7.82 Å². The number of amides is 1. The van der Waals surface area contributed by atoms with Crippen molar-refractivity contribution in [3.05, 3.63) is 24.3 Å². The second kappa shape index (κ2) is 33.8. The number of carbonyl (C=O) groups is 1. The molecule has 0 aromatic rings. The Morgan fingerprint density at radius 1 is 0.660 bits per heavy atom. The molecule has 0 aliphatic rings. The number of nitrogens with zero attached hydrogens (tertiary/aromatic N) is 1. The summed E-state index contributed by atoms with van der Waals surface area (Å²) in [5.41, 5.74) is 0. The highest BCUT2D eigenvalue weighted by Crippen LogP contribution is 2.43. The molecule has 0 aromatic carbocycles. The second-order valence-electron chi connectivity index (χ2n) is 15.4. The Bertz CT molecular complexity index is 876. The standard InChI is InChI=1S/C41H81N2O6P/c1-6-8-10-11-12-13-14-15-16-17-18-19-20-21-22-23-24-25-26-27-28-29-30-31-33-35-41(45)42-39(40(44)34-32-9-7-2)38-49-50(46,47)48-37-36-43(3,4)5/h17-18,32,34,39-40,44H,6-16,19-31,33,35-38H2,1-5H3,(H-,42,45,46,47)/p+1/b18-17-,34-32+. The molecule has 0 bridgehead atoms. The number of allylic oxidation sites excluding steroid dienone is 3. The van der Waals surface area contributed by atoms with Crippen LogP contribution in [0.25, 0.3) is 0 Å². The molecule has 296 valence electrons. The van der Waals surface area contributed by atoms with E-state index in [4.69, 9.17) is 9.05 Å². The number of quaternary nitrogens is 1. The van der Waals surface area contributed by atoms with Crippen LogP contribution in [0.1, 0.15) is 181 Å². The fourth-order valence-electron chi connectivity index (χ4n) is 5.81. The third-order valence-electron chi connectivity index (χ3n) is 9.15. The lowest BCUT2D eigenvalue weighted by atomic mass is 10.0. The van der Waals surface area contributed by atoms with E-state index < -0.39 is 20.0 Å². The lowest BCUT2D eigenvalue weighted by molar-refractivity contribution is -0.870. The smallest absolute Gasteiger partial charge is 0.387 e. The second-order valence-corrected chi connectivity index (χ2v) is 16.8. The minimum Gasteiger partial charge on any atom is -0.387 e. The van der Waals surface area contributed by atoms with Crippen molar-refractivity contribution in [3.63, 3.8) is 0 Å². The van der Waals surface area contributed by atoms with E-state index in [1.54, 1.807) is 6.08 Å². The monoisotopic (exact) mass is 730 g/mol. The highest BCUT2D eigenvalue weighted by atomic mass is 31.2. The Morgan fingerprint density at radius 3 is 1.58 bits per heavy atom. The fourth-order valence-corrected chi connectivity index (χ4v) is 6.54. The number of unbranched alkanes of at least 4 members (excludes halogenated alkanes) is 22. The van der Waals surface area contributed by atoms with E-state index >= 15 is 0 Å². The first-order valence-corrected chi connectivity index (χ1v) is 22.2. The minimum atomic E-state index is -4.31. The molecule has 0 saturated heterocycles. The van der Waals surface area contributed by atoms with E-state index in [1.165, 1.54) is 128 Å². The Balaban J connectivity index is 3.88. The third-order valence-corrected chi connectivity index (χ3v) is 10.1. The molecule has 9 heteroatoms. The van der Waals surface area contributed by atoms with E-state index in [-0.39, 0.29) is 19.1 Å². The molecular formula is C41H82N2O6P+. The summed E-state index contributed by atoms with van der Waals surface area (Å²) in [4.78, 5) is 22.7. The van der Waals surface area contributed by atoms with Crippen molar-refractivity contribution in [2.24, 2.45) is 0 Å². The fraction of sp³-hybridized carbons (Fsp3) is 0.878. The highest BCUT2D eigenvalue weighted by molar-refractivity contribution is 7.47. The van der Waals surface area contributed by atoms with Gasteiger partial charge in [-0.05, 0) is 38.5 Å². The molecule has 3 unspecified atom stereocenters. The van der Waals surface area contributed by atoms with Gasteiger partial charge in [0.15, 0.2) is 0 Å². The summed E-state index contributed by atoms with van der Waals surface area (Å²) in [6.45, 7) is 4.59. The number of aliphatic hydroxyl groups is 1.